The van der Waals surface area contributed by atoms with Crippen molar-refractivity contribution in [3.05, 3.63) is 55.0 Å². The molecule has 1 aliphatic rings. The molecular formula is C22H25N7O2. The molecule has 0 aliphatic carbocycles. The summed E-state index contributed by atoms with van der Waals surface area (Å²) in [6.07, 6.45) is 5.14. The number of fused-ring (bicyclic) bond motifs is 1. The first-order chi connectivity index (χ1) is 15.1. The standard InChI is InChI=1S/C22H25N7O2/c1-2-19(31)28-12-6-9-16(13-28)29-22-20(21(23)24-14-25-22)17(27-29)10-11-18(30)26-15-7-4-3-5-8-15/h2-5,7-8,14,16H,1,6,9-13H2,(H,26,30)(H2,23,24,25). The second-order valence-corrected chi connectivity index (χ2v) is 7.55. The van der Waals surface area contributed by atoms with Crippen LogP contribution in [0.3, 0.4) is 0 Å². The smallest absolute Gasteiger partial charge is 0.246 e. The van der Waals surface area contributed by atoms with Gasteiger partial charge in [0.1, 0.15) is 12.1 Å². The van der Waals surface area contributed by atoms with Gasteiger partial charge in [-0.05, 0) is 31.1 Å². The third-order valence-corrected chi connectivity index (χ3v) is 5.47. The number of piperidine rings is 1. The van der Waals surface area contributed by atoms with Crippen LogP contribution in [0.1, 0.15) is 31.0 Å². The Hall–Kier alpha value is -3.75. The van der Waals surface area contributed by atoms with Crippen LogP contribution < -0.4 is 11.1 Å². The van der Waals surface area contributed by atoms with Crippen LogP contribution in [0.15, 0.2) is 49.3 Å². The molecule has 1 atom stereocenters. The van der Waals surface area contributed by atoms with E-state index in [4.69, 9.17) is 10.8 Å². The minimum atomic E-state index is -0.107. The molecule has 4 rings (SSSR count). The molecule has 0 saturated carbocycles. The van der Waals surface area contributed by atoms with Crippen molar-refractivity contribution in [3.8, 4) is 0 Å². The molecule has 31 heavy (non-hydrogen) atoms. The van der Waals surface area contributed by atoms with Crippen LogP contribution >= 0.6 is 0 Å². The molecule has 0 spiro atoms. The number of nitrogen functional groups attached to an aromatic ring is 1. The van der Waals surface area contributed by atoms with Crippen LogP contribution in [0.4, 0.5) is 11.5 Å². The molecule has 3 heterocycles. The Labute approximate surface area is 180 Å². The van der Waals surface area contributed by atoms with Crippen molar-refractivity contribution < 1.29 is 9.59 Å². The number of hydrogen-bond acceptors (Lipinski definition) is 6. The first-order valence-corrected chi connectivity index (χ1v) is 10.3. The lowest BCUT2D eigenvalue weighted by Gasteiger charge is -2.32. The molecule has 1 aromatic carbocycles. The van der Waals surface area contributed by atoms with Gasteiger partial charge in [0.2, 0.25) is 11.8 Å². The van der Waals surface area contributed by atoms with Gasteiger partial charge in [-0.1, -0.05) is 24.8 Å². The van der Waals surface area contributed by atoms with Gasteiger partial charge in [-0.15, -0.1) is 0 Å². The molecule has 160 valence electrons. The van der Waals surface area contributed by atoms with Crippen LogP contribution in [0, 0.1) is 0 Å². The fraction of sp³-hybridized carbons (Fsp3) is 0.318. The highest BCUT2D eigenvalue weighted by molar-refractivity contribution is 5.92. The Balaban J connectivity index is 1.56. The summed E-state index contributed by atoms with van der Waals surface area (Å²) < 4.78 is 1.83. The fourth-order valence-corrected chi connectivity index (χ4v) is 3.96. The number of nitrogens with zero attached hydrogens (tertiary/aromatic N) is 5. The maximum Gasteiger partial charge on any atom is 0.246 e. The van der Waals surface area contributed by atoms with E-state index < -0.39 is 0 Å². The zero-order valence-electron chi connectivity index (χ0n) is 17.2. The molecule has 1 saturated heterocycles. The topological polar surface area (TPSA) is 119 Å². The SMILES string of the molecule is C=CC(=O)N1CCCC(n2nc(CCC(=O)Nc3ccccc3)c3c(N)ncnc32)C1. The van der Waals surface area contributed by atoms with Crippen molar-refractivity contribution in [2.24, 2.45) is 0 Å². The normalized spacial score (nSPS) is 16.3. The summed E-state index contributed by atoms with van der Waals surface area (Å²) in [5.41, 5.74) is 8.21. The summed E-state index contributed by atoms with van der Waals surface area (Å²) in [6, 6.07) is 9.29. The van der Waals surface area contributed by atoms with Crippen LogP contribution in [0.25, 0.3) is 11.0 Å². The Bertz CT molecular complexity index is 1110. The van der Waals surface area contributed by atoms with Crippen molar-refractivity contribution in [2.75, 3.05) is 24.1 Å². The van der Waals surface area contributed by atoms with E-state index in [0.29, 0.717) is 42.1 Å². The van der Waals surface area contributed by atoms with Gasteiger partial charge < -0.3 is 16.0 Å². The predicted octanol–water partition coefficient (Wildman–Crippen LogP) is 2.33. The quantitative estimate of drug-likeness (QED) is 0.592. The average molecular weight is 419 g/mol. The number of para-hydroxylation sites is 1. The van der Waals surface area contributed by atoms with Crippen molar-refractivity contribution in [2.45, 2.75) is 31.7 Å². The fourth-order valence-electron chi connectivity index (χ4n) is 3.96. The minimum Gasteiger partial charge on any atom is -0.383 e. The Morgan fingerprint density at radius 2 is 2.06 bits per heavy atom. The summed E-state index contributed by atoms with van der Waals surface area (Å²) in [6.45, 7) is 4.81. The lowest BCUT2D eigenvalue weighted by molar-refractivity contribution is -0.127. The van der Waals surface area contributed by atoms with Crippen LogP contribution in [-0.4, -0.2) is 49.6 Å². The molecule has 1 aliphatic heterocycles. The molecule has 2 amide bonds. The third kappa shape index (κ3) is 4.40. The number of carbonyl (C=O) groups is 2. The number of rotatable bonds is 6. The van der Waals surface area contributed by atoms with Gasteiger partial charge >= 0.3 is 0 Å². The lowest BCUT2D eigenvalue weighted by Crippen LogP contribution is -2.40. The summed E-state index contributed by atoms with van der Waals surface area (Å²) in [7, 11) is 0. The van der Waals surface area contributed by atoms with Crippen molar-refractivity contribution in [1.82, 2.24) is 24.6 Å². The lowest BCUT2D eigenvalue weighted by atomic mass is 10.1. The second-order valence-electron chi connectivity index (χ2n) is 7.55. The molecule has 1 fully saturated rings. The first kappa shape index (κ1) is 20.5. The van der Waals surface area contributed by atoms with E-state index in [1.54, 1.807) is 4.90 Å². The average Bonchev–Trinajstić information content (AvgIpc) is 3.18. The van der Waals surface area contributed by atoms with Crippen LogP contribution in [0.2, 0.25) is 0 Å². The second kappa shape index (κ2) is 8.95. The predicted molar refractivity (Wildman–Crippen MR) is 118 cm³/mol. The third-order valence-electron chi connectivity index (χ3n) is 5.47. The van der Waals surface area contributed by atoms with E-state index in [0.717, 1.165) is 18.5 Å². The summed E-state index contributed by atoms with van der Waals surface area (Å²) in [5, 5.41) is 8.31. The van der Waals surface area contributed by atoms with Crippen molar-refractivity contribution in [3.63, 3.8) is 0 Å². The molecule has 3 aromatic rings. The molecule has 9 heteroatoms. The van der Waals surface area contributed by atoms with E-state index in [9.17, 15) is 9.59 Å². The van der Waals surface area contributed by atoms with E-state index in [1.807, 2.05) is 35.0 Å². The molecular weight excluding hydrogens is 394 g/mol. The number of benzene rings is 1. The number of aromatic nitrogens is 4. The zero-order valence-corrected chi connectivity index (χ0v) is 17.2. The minimum absolute atomic E-state index is 0.0265. The highest BCUT2D eigenvalue weighted by Crippen LogP contribution is 2.29. The van der Waals surface area contributed by atoms with Gasteiger partial charge in [0.05, 0.1) is 17.1 Å². The maximum atomic E-state index is 12.4. The van der Waals surface area contributed by atoms with Gasteiger partial charge in [0.25, 0.3) is 0 Å². The molecule has 9 nitrogen and oxygen atoms in total. The first-order valence-electron chi connectivity index (χ1n) is 10.3. The number of amides is 2. The number of anilines is 2. The summed E-state index contributed by atoms with van der Waals surface area (Å²) in [5.74, 6) is 0.141. The van der Waals surface area contributed by atoms with Gasteiger partial charge in [-0.25, -0.2) is 14.6 Å². The van der Waals surface area contributed by atoms with Gasteiger partial charge in [0.15, 0.2) is 5.65 Å². The van der Waals surface area contributed by atoms with Gasteiger partial charge in [0, 0.05) is 31.6 Å². The highest BCUT2D eigenvalue weighted by atomic mass is 16.2. The monoisotopic (exact) mass is 419 g/mol. The molecule has 1 unspecified atom stereocenters. The number of aryl methyl sites for hydroxylation is 1. The van der Waals surface area contributed by atoms with E-state index >= 15 is 0 Å². The number of nitrogens with two attached hydrogens (primary N) is 1. The summed E-state index contributed by atoms with van der Waals surface area (Å²) in [4.78, 5) is 34.8. The number of likely N-dealkylation sites (tertiary alicyclic amines) is 1. The molecule has 3 N–H and O–H groups in total. The number of nitrogens with one attached hydrogen (secondary N) is 1. The molecule has 0 radical (unpaired) electrons. The molecule has 2 aromatic heterocycles. The number of carbonyl (C=O) groups excluding carboxylic acids is 2. The highest BCUT2D eigenvalue weighted by Gasteiger charge is 2.27. The maximum absolute atomic E-state index is 12.4. The largest absolute Gasteiger partial charge is 0.383 e. The number of hydrogen-bond donors (Lipinski definition) is 2. The Kier molecular flexibility index (Phi) is 5.92. The van der Waals surface area contributed by atoms with Crippen LogP contribution in [-0.2, 0) is 16.0 Å². The Morgan fingerprint density at radius 3 is 2.84 bits per heavy atom. The Morgan fingerprint density at radius 1 is 1.26 bits per heavy atom. The van der Waals surface area contributed by atoms with Crippen molar-refractivity contribution >= 4 is 34.4 Å². The van der Waals surface area contributed by atoms with Crippen molar-refractivity contribution in [1.29, 1.82) is 0 Å². The van der Waals surface area contributed by atoms with E-state index in [-0.39, 0.29) is 24.3 Å². The van der Waals surface area contributed by atoms with Crippen LogP contribution in [0.5, 0.6) is 0 Å². The van der Waals surface area contributed by atoms with Gasteiger partial charge in [-0.2, -0.15) is 5.10 Å². The van der Waals surface area contributed by atoms with E-state index in [1.165, 1.54) is 12.4 Å². The molecule has 0 bridgehead atoms. The zero-order chi connectivity index (χ0) is 21.8. The van der Waals surface area contributed by atoms with E-state index in [2.05, 4.69) is 21.9 Å². The summed E-state index contributed by atoms with van der Waals surface area (Å²) >= 11 is 0. The van der Waals surface area contributed by atoms with Gasteiger partial charge in [-0.3, -0.25) is 9.59 Å².